The van der Waals surface area contributed by atoms with Crippen molar-refractivity contribution in [3.63, 3.8) is 0 Å². The van der Waals surface area contributed by atoms with Crippen LogP contribution in [0.3, 0.4) is 0 Å². The largest absolute Gasteiger partial charge is 0.296 e. The van der Waals surface area contributed by atoms with Crippen molar-refractivity contribution < 1.29 is 8.42 Å². The summed E-state index contributed by atoms with van der Waals surface area (Å²) in [5.41, 5.74) is 0.422. The van der Waals surface area contributed by atoms with Crippen molar-refractivity contribution in [2.45, 2.75) is 31.3 Å². The lowest BCUT2D eigenvalue weighted by Gasteiger charge is -2.17. The highest BCUT2D eigenvalue weighted by atomic mass is 35.7. The molecule has 0 spiro atoms. The molecule has 0 amide bonds. The molecule has 1 aromatic heterocycles. The molecular formula is C8H11ClN2O2S. The van der Waals surface area contributed by atoms with Crippen molar-refractivity contribution >= 4 is 19.7 Å². The molecule has 0 saturated carbocycles. The lowest BCUT2D eigenvalue weighted by atomic mass is 9.92. The zero-order valence-corrected chi connectivity index (χ0v) is 9.72. The van der Waals surface area contributed by atoms with E-state index in [1.807, 2.05) is 20.8 Å². The molecule has 1 heterocycles. The number of nitrogens with zero attached hydrogens (tertiary/aromatic N) is 2. The standard InChI is InChI=1S/C8H11ClN2O2S/c1-8(2,3)6-4-5-10-7(11-6)14(9,12)13/h4-5H,1-3H3. The van der Waals surface area contributed by atoms with E-state index in [-0.39, 0.29) is 10.6 Å². The van der Waals surface area contributed by atoms with Crippen LogP contribution in [0.5, 0.6) is 0 Å². The van der Waals surface area contributed by atoms with E-state index in [4.69, 9.17) is 10.7 Å². The topological polar surface area (TPSA) is 59.9 Å². The van der Waals surface area contributed by atoms with Gasteiger partial charge in [0, 0.05) is 22.3 Å². The SMILES string of the molecule is CC(C)(C)c1ccnc(S(=O)(=O)Cl)n1. The van der Waals surface area contributed by atoms with Gasteiger partial charge in [0.2, 0.25) is 0 Å². The molecule has 0 fully saturated rings. The Bertz CT molecular complexity index is 437. The van der Waals surface area contributed by atoms with Crippen LogP contribution in [-0.4, -0.2) is 18.4 Å². The fourth-order valence-corrected chi connectivity index (χ4v) is 1.49. The molecule has 0 aromatic carbocycles. The summed E-state index contributed by atoms with van der Waals surface area (Å²) in [6.07, 6.45) is 1.39. The van der Waals surface area contributed by atoms with Crippen molar-refractivity contribution in [3.8, 4) is 0 Å². The van der Waals surface area contributed by atoms with E-state index < -0.39 is 9.05 Å². The van der Waals surface area contributed by atoms with Gasteiger partial charge in [0.25, 0.3) is 14.2 Å². The van der Waals surface area contributed by atoms with Crippen LogP contribution in [0.1, 0.15) is 26.5 Å². The van der Waals surface area contributed by atoms with Gasteiger partial charge in [-0.05, 0) is 6.07 Å². The quantitative estimate of drug-likeness (QED) is 0.548. The van der Waals surface area contributed by atoms with Crippen LogP contribution in [0.2, 0.25) is 0 Å². The molecule has 0 unspecified atom stereocenters. The summed E-state index contributed by atoms with van der Waals surface area (Å²) in [5.74, 6) is 0. The minimum absolute atomic E-state index is 0.223. The molecule has 0 N–H and O–H groups in total. The lowest BCUT2D eigenvalue weighted by molar-refractivity contribution is 0.551. The molecule has 0 bridgehead atoms. The first-order valence-corrected chi connectivity index (χ1v) is 6.30. The highest BCUT2D eigenvalue weighted by Crippen LogP contribution is 2.20. The van der Waals surface area contributed by atoms with Gasteiger partial charge in [-0.3, -0.25) is 0 Å². The summed E-state index contributed by atoms with van der Waals surface area (Å²) in [7, 11) is 1.29. The number of aromatic nitrogens is 2. The fraction of sp³-hybridized carbons (Fsp3) is 0.500. The van der Waals surface area contributed by atoms with Crippen LogP contribution >= 0.6 is 10.7 Å². The second kappa shape index (κ2) is 3.47. The molecule has 14 heavy (non-hydrogen) atoms. The Labute approximate surface area is 87.8 Å². The molecule has 0 aliphatic rings. The van der Waals surface area contributed by atoms with Gasteiger partial charge in [-0.2, -0.15) is 0 Å². The van der Waals surface area contributed by atoms with Gasteiger partial charge < -0.3 is 0 Å². The van der Waals surface area contributed by atoms with E-state index in [2.05, 4.69) is 9.97 Å². The maximum atomic E-state index is 11.0. The summed E-state index contributed by atoms with van der Waals surface area (Å²) < 4.78 is 21.9. The van der Waals surface area contributed by atoms with E-state index >= 15 is 0 Å². The predicted molar refractivity (Wildman–Crippen MR) is 53.8 cm³/mol. The summed E-state index contributed by atoms with van der Waals surface area (Å²) in [5, 5.41) is -0.341. The van der Waals surface area contributed by atoms with Gasteiger partial charge in [0.15, 0.2) is 0 Å². The van der Waals surface area contributed by atoms with Gasteiger partial charge in [0.05, 0.1) is 5.69 Å². The Balaban J connectivity index is 3.29. The fourth-order valence-electron chi connectivity index (χ4n) is 0.876. The highest BCUT2D eigenvalue weighted by Gasteiger charge is 2.20. The highest BCUT2D eigenvalue weighted by molar-refractivity contribution is 8.13. The van der Waals surface area contributed by atoms with Gasteiger partial charge in [-0.1, -0.05) is 20.8 Å². The van der Waals surface area contributed by atoms with Crippen molar-refractivity contribution in [1.29, 1.82) is 0 Å². The van der Waals surface area contributed by atoms with Crippen molar-refractivity contribution in [3.05, 3.63) is 18.0 Å². The molecule has 0 saturated heterocycles. The predicted octanol–water partition coefficient (Wildman–Crippen LogP) is 1.70. The van der Waals surface area contributed by atoms with Crippen molar-refractivity contribution in [2.75, 3.05) is 0 Å². The molecule has 4 nitrogen and oxygen atoms in total. The van der Waals surface area contributed by atoms with Crippen LogP contribution in [0.15, 0.2) is 17.4 Å². The van der Waals surface area contributed by atoms with Crippen LogP contribution in [-0.2, 0) is 14.5 Å². The summed E-state index contributed by atoms with van der Waals surface area (Å²) >= 11 is 0. The third-order valence-electron chi connectivity index (χ3n) is 1.62. The summed E-state index contributed by atoms with van der Waals surface area (Å²) in [6, 6.07) is 1.67. The molecule has 1 aromatic rings. The smallest absolute Gasteiger partial charge is 0.226 e. The Morgan fingerprint density at radius 3 is 2.36 bits per heavy atom. The summed E-state index contributed by atoms with van der Waals surface area (Å²) in [6.45, 7) is 5.79. The average Bonchev–Trinajstić information content (AvgIpc) is 2.01. The van der Waals surface area contributed by atoms with Crippen LogP contribution < -0.4 is 0 Å². The number of halogens is 1. The average molecular weight is 235 g/mol. The maximum absolute atomic E-state index is 11.0. The van der Waals surface area contributed by atoms with E-state index in [9.17, 15) is 8.42 Å². The third-order valence-corrected chi connectivity index (χ3v) is 2.67. The van der Waals surface area contributed by atoms with Crippen molar-refractivity contribution in [1.82, 2.24) is 9.97 Å². The van der Waals surface area contributed by atoms with E-state index in [0.29, 0.717) is 5.69 Å². The molecule has 6 heteroatoms. The molecule has 78 valence electrons. The second-order valence-corrected chi connectivity index (χ2v) is 6.37. The minimum atomic E-state index is -3.84. The van der Waals surface area contributed by atoms with Crippen LogP contribution in [0, 0.1) is 0 Å². The van der Waals surface area contributed by atoms with Crippen molar-refractivity contribution in [2.24, 2.45) is 0 Å². The Morgan fingerprint density at radius 1 is 1.36 bits per heavy atom. The Kier molecular flexibility index (Phi) is 2.83. The third kappa shape index (κ3) is 2.65. The zero-order chi connectivity index (χ0) is 11.0. The molecular weight excluding hydrogens is 224 g/mol. The monoisotopic (exact) mass is 234 g/mol. The maximum Gasteiger partial charge on any atom is 0.296 e. The first-order chi connectivity index (χ1) is 6.21. The normalized spacial score (nSPS) is 12.9. The first kappa shape index (κ1) is 11.4. The number of hydrogen-bond donors (Lipinski definition) is 0. The van der Waals surface area contributed by atoms with E-state index in [0.717, 1.165) is 0 Å². The van der Waals surface area contributed by atoms with E-state index in [1.54, 1.807) is 6.07 Å². The first-order valence-electron chi connectivity index (χ1n) is 3.99. The molecule has 0 aliphatic carbocycles. The Morgan fingerprint density at radius 2 is 1.93 bits per heavy atom. The molecule has 0 aliphatic heterocycles. The molecule has 1 rings (SSSR count). The van der Waals surface area contributed by atoms with E-state index in [1.165, 1.54) is 6.20 Å². The van der Waals surface area contributed by atoms with Gasteiger partial charge in [-0.15, -0.1) is 0 Å². The number of rotatable bonds is 1. The van der Waals surface area contributed by atoms with Gasteiger partial charge >= 0.3 is 0 Å². The minimum Gasteiger partial charge on any atom is -0.226 e. The summed E-state index contributed by atoms with van der Waals surface area (Å²) in [4.78, 5) is 7.48. The molecule has 0 radical (unpaired) electrons. The van der Waals surface area contributed by atoms with Crippen LogP contribution in [0.4, 0.5) is 0 Å². The lowest BCUT2D eigenvalue weighted by Crippen LogP contribution is -2.15. The molecule has 0 atom stereocenters. The Hall–Kier alpha value is -0.680. The van der Waals surface area contributed by atoms with Gasteiger partial charge in [0.1, 0.15) is 0 Å². The van der Waals surface area contributed by atoms with Crippen LogP contribution in [0.25, 0.3) is 0 Å². The van der Waals surface area contributed by atoms with Gasteiger partial charge in [-0.25, -0.2) is 18.4 Å². The number of hydrogen-bond acceptors (Lipinski definition) is 4. The zero-order valence-electron chi connectivity index (χ0n) is 8.15. The second-order valence-electron chi connectivity index (χ2n) is 3.91.